The molecule has 1 heterocycles. The monoisotopic (exact) mass is 221 g/mol. The van der Waals surface area contributed by atoms with Gasteiger partial charge in [-0.15, -0.1) is 0 Å². The molecular formula is C13H23N3. The fourth-order valence-electron chi connectivity index (χ4n) is 1.83. The minimum Gasteiger partial charge on any atom is -0.306 e. The molecule has 3 nitrogen and oxygen atoms in total. The molecule has 0 bridgehead atoms. The highest BCUT2D eigenvalue weighted by Gasteiger charge is 2.16. The summed E-state index contributed by atoms with van der Waals surface area (Å²) >= 11 is 0. The third-order valence-corrected chi connectivity index (χ3v) is 3.34. The van der Waals surface area contributed by atoms with E-state index in [0.29, 0.717) is 12.0 Å². The van der Waals surface area contributed by atoms with E-state index >= 15 is 0 Å². The Labute approximate surface area is 98.7 Å². The van der Waals surface area contributed by atoms with Gasteiger partial charge in [-0.2, -0.15) is 0 Å². The van der Waals surface area contributed by atoms with Crippen LogP contribution in [0.3, 0.4) is 0 Å². The van der Waals surface area contributed by atoms with Gasteiger partial charge in [0.05, 0.1) is 11.4 Å². The molecule has 0 spiro atoms. The molecule has 0 saturated heterocycles. The van der Waals surface area contributed by atoms with E-state index in [0.717, 1.165) is 11.4 Å². The molecule has 0 aliphatic rings. The summed E-state index contributed by atoms with van der Waals surface area (Å²) in [6, 6.07) is 0.763. The highest BCUT2D eigenvalue weighted by atomic mass is 15.0. The third kappa shape index (κ3) is 3.27. The lowest BCUT2D eigenvalue weighted by atomic mass is 9.99. The van der Waals surface area contributed by atoms with Gasteiger partial charge in [-0.05, 0) is 26.7 Å². The van der Waals surface area contributed by atoms with Crippen molar-refractivity contribution in [1.82, 2.24) is 15.3 Å². The first-order valence-electron chi connectivity index (χ1n) is 6.09. The van der Waals surface area contributed by atoms with E-state index in [1.54, 1.807) is 12.4 Å². The largest absolute Gasteiger partial charge is 0.306 e. The first kappa shape index (κ1) is 13.1. The molecule has 90 valence electrons. The Balaban J connectivity index is 2.65. The minimum atomic E-state index is 0.262. The van der Waals surface area contributed by atoms with Crippen LogP contribution in [0.25, 0.3) is 0 Å². The second kappa shape index (κ2) is 5.94. The lowest BCUT2D eigenvalue weighted by Gasteiger charge is -2.24. The molecule has 0 radical (unpaired) electrons. The Morgan fingerprint density at radius 3 is 2.38 bits per heavy atom. The van der Waals surface area contributed by atoms with Crippen molar-refractivity contribution in [3.63, 3.8) is 0 Å². The predicted molar refractivity (Wildman–Crippen MR) is 67.2 cm³/mol. The lowest BCUT2D eigenvalue weighted by molar-refractivity contribution is 0.356. The fourth-order valence-corrected chi connectivity index (χ4v) is 1.83. The van der Waals surface area contributed by atoms with Crippen molar-refractivity contribution in [3.05, 3.63) is 23.8 Å². The molecule has 3 atom stereocenters. The van der Waals surface area contributed by atoms with Crippen molar-refractivity contribution < 1.29 is 0 Å². The average Bonchev–Trinajstić information content (AvgIpc) is 2.28. The molecule has 1 rings (SSSR count). The van der Waals surface area contributed by atoms with E-state index in [-0.39, 0.29) is 6.04 Å². The van der Waals surface area contributed by atoms with Gasteiger partial charge in [0.25, 0.3) is 0 Å². The van der Waals surface area contributed by atoms with Crippen molar-refractivity contribution in [2.45, 2.75) is 53.1 Å². The zero-order valence-electron chi connectivity index (χ0n) is 11.0. The summed E-state index contributed by atoms with van der Waals surface area (Å²) in [4.78, 5) is 8.66. The summed E-state index contributed by atoms with van der Waals surface area (Å²) in [6.45, 7) is 10.9. The second-order valence-electron chi connectivity index (χ2n) is 4.59. The first-order valence-corrected chi connectivity index (χ1v) is 6.09. The molecule has 0 aliphatic carbocycles. The topological polar surface area (TPSA) is 37.8 Å². The Bertz CT molecular complexity index is 325. The lowest BCUT2D eigenvalue weighted by Crippen LogP contribution is -2.34. The predicted octanol–water partition coefficient (Wildman–Crippen LogP) is 2.87. The molecule has 0 saturated carbocycles. The fraction of sp³-hybridized carbons (Fsp3) is 0.692. The number of aryl methyl sites for hydroxylation is 1. The third-order valence-electron chi connectivity index (χ3n) is 3.34. The van der Waals surface area contributed by atoms with Crippen LogP contribution in [-0.2, 0) is 0 Å². The Kier molecular flexibility index (Phi) is 4.87. The van der Waals surface area contributed by atoms with Crippen LogP contribution in [0.1, 0.15) is 51.5 Å². The smallest absolute Gasteiger partial charge is 0.0782 e. The van der Waals surface area contributed by atoms with E-state index in [2.05, 4.69) is 43.0 Å². The summed E-state index contributed by atoms with van der Waals surface area (Å²) in [5.41, 5.74) is 2.07. The quantitative estimate of drug-likeness (QED) is 0.830. The van der Waals surface area contributed by atoms with E-state index in [1.165, 1.54) is 6.42 Å². The number of hydrogen-bond donors (Lipinski definition) is 1. The highest BCUT2D eigenvalue weighted by molar-refractivity contribution is 5.12. The van der Waals surface area contributed by atoms with Gasteiger partial charge in [0, 0.05) is 24.5 Å². The average molecular weight is 221 g/mol. The maximum absolute atomic E-state index is 4.39. The molecule has 0 aliphatic heterocycles. The van der Waals surface area contributed by atoms with Gasteiger partial charge in [0.2, 0.25) is 0 Å². The van der Waals surface area contributed by atoms with Crippen LogP contribution < -0.4 is 5.32 Å². The Morgan fingerprint density at radius 1 is 1.19 bits per heavy atom. The van der Waals surface area contributed by atoms with Gasteiger partial charge >= 0.3 is 0 Å². The molecule has 3 heteroatoms. The molecule has 0 aromatic carbocycles. The standard InChI is InChI=1S/C13H23N3/c1-6-9(2)10(3)16-12(5)13-11(4)14-7-8-15-13/h7-10,12,16H,6H2,1-5H3. The van der Waals surface area contributed by atoms with Crippen LogP contribution in [0.15, 0.2) is 12.4 Å². The van der Waals surface area contributed by atoms with Gasteiger partial charge in [-0.3, -0.25) is 9.97 Å². The van der Waals surface area contributed by atoms with E-state index in [4.69, 9.17) is 0 Å². The van der Waals surface area contributed by atoms with E-state index < -0.39 is 0 Å². The van der Waals surface area contributed by atoms with E-state index in [9.17, 15) is 0 Å². The van der Waals surface area contributed by atoms with Gasteiger partial charge in [-0.25, -0.2) is 0 Å². The molecule has 1 aromatic heterocycles. The van der Waals surface area contributed by atoms with Gasteiger partial charge in [0.15, 0.2) is 0 Å². The van der Waals surface area contributed by atoms with Crippen LogP contribution >= 0.6 is 0 Å². The highest BCUT2D eigenvalue weighted by Crippen LogP contribution is 2.15. The SMILES string of the molecule is CCC(C)C(C)NC(C)c1nccnc1C. The van der Waals surface area contributed by atoms with Crippen LogP contribution in [0.4, 0.5) is 0 Å². The Morgan fingerprint density at radius 2 is 1.81 bits per heavy atom. The number of hydrogen-bond acceptors (Lipinski definition) is 3. The molecule has 16 heavy (non-hydrogen) atoms. The van der Waals surface area contributed by atoms with Crippen molar-refractivity contribution in [2.24, 2.45) is 5.92 Å². The Hall–Kier alpha value is -0.960. The summed E-state index contributed by atoms with van der Waals surface area (Å²) in [7, 11) is 0. The second-order valence-corrected chi connectivity index (χ2v) is 4.59. The van der Waals surface area contributed by atoms with Crippen molar-refractivity contribution >= 4 is 0 Å². The van der Waals surface area contributed by atoms with Crippen LogP contribution in [0.5, 0.6) is 0 Å². The van der Waals surface area contributed by atoms with Gasteiger partial charge < -0.3 is 5.32 Å². The van der Waals surface area contributed by atoms with Crippen LogP contribution in [-0.4, -0.2) is 16.0 Å². The zero-order valence-corrected chi connectivity index (χ0v) is 11.0. The summed E-state index contributed by atoms with van der Waals surface area (Å²) in [5.74, 6) is 0.680. The summed E-state index contributed by atoms with van der Waals surface area (Å²) in [5, 5.41) is 3.59. The van der Waals surface area contributed by atoms with Crippen molar-refractivity contribution in [3.8, 4) is 0 Å². The van der Waals surface area contributed by atoms with Crippen LogP contribution in [0, 0.1) is 12.8 Å². The molecule has 0 fully saturated rings. The van der Waals surface area contributed by atoms with Crippen molar-refractivity contribution in [2.75, 3.05) is 0 Å². The maximum Gasteiger partial charge on any atom is 0.0782 e. The summed E-state index contributed by atoms with van der Waals surface area (Å²) < 4.78 is 0. The maximum atomic E-state index is 4.39. The van der Waals surface area contributed by atoms with Gasteiger partial charge in [0.1, 0.15) is 0 Å². The molecule has 1 N–H and O–H groups in total. The minimum absolute atomic E-state index is 0.262. The molecular weight excluding hydrogens is 198 g/mol. The van der Waals surface area contributed by atoms with Crippen molar-refractivity contribution in [1.29, 1.82) is 0 Å². The first-order chi connectivity index (χ1) is 7.56. The number of aromatic nitrogens is 2. The van der Waals surface area contributed by atoms with Gasteiger partial charge in [-0.1, -0.05) is 20.3 Å². The zero-order chi connectivity index (χ0) is 12.1. The van der Waals surface area contributed by atoms with Crippen LogP contribution in [0.2, 0.25) is 0 Å². The number of nitrogens with one attached hydrogen (secondary N) is 1. The number of rotatable bonds is 5. The normalized spacial score (nSPS) is 16.8. The van der Waals surface area contributed by atoms with E-state index in [1.807, 2.05) is 6.92 Å². The number of nitrogens with zero attached hydrogens (tertiary/aromatic N) is 2. The molecule has 1 aromatic rings. The molecule has 3 unspecified atom stereocenters. The molecule has 0 amide bonds. The summed E-state index contributed by atoms with van der Waals surface area (Å²) in [6.07, 6.45) is 4.69.